The summed E-state index contributed by atoms with van der Waals surface area (Å²) in [4.78, 5) is 38.2. The lowest BCUT2D eigenvalue weighted by Gasteiger charge is -2.02. The molecule has 7 nitrogen and oxygen atoms in total. The molecule has 0 atom stereocenters. The molecule has 0 saturated heterocycles. The molecule has 0 unspecified atom stereocenters. The summed E-state index contributed by atoms with van der Waals surface area (Å²) in [5.41, 5.74) is 0.701. The Balaban J connectivity index is 2.19. The molecule has 0 spiro atoms. The van der Waals surface area contributed by atoms with Crippen molar-refractivity contribution in [2.45, 2.75) is 29.5 Å². The van der Waals surface area contributed by atoms with Crippen molar-refractivity contribution in [1.29, 1.82) is 0 Å². The summed E-state index contributed by atoms with van der Waals surface area (Å²) in [5, 5.41) is 12.9. The molecule has 0 amide bonds. The van der Waals surface area contributed by atoms with Gasteiger partial charge >= 0.3 is 5.97 Å². The average Bonchev–Trinajstić information content (AvgIpc) is 2.94. The standard InChI is InChI=1S/C15H14N2O5S2/c1-3-22-14(19)7-11-8-23-15(16-11)24-13-5-4-10(9(2)18)6-12(13)17(20)21/h4-6,8H,3,7H2,1-2H3. The first-order chi connectivity index (χ1) is 11.4. The number of nitro benzene ring substituents is 1. The zero-order chi connectivity index (χ0) is 17.7. The van der Waals surface area contributed by atoms with E-state index in [0.717, 1.165) is 11.8 Å². The lowest BCUT2D eigenvalue weighted by atomic mass is 10.1. The summed E-state index contributed by atoms with van der Waals surface area (Å²) in [5.74, 6) is -0.600. The molecule has 0 fully saturated rings. The Morgan fingerprint density at radius 2 is 2.17 bits per heavy atom. The minimum atomic E-state index is -0.526. The van der Waals surface area contributed by atoms with Crippen LogP contribution in [0.4, 0.5) is 5.69 Å². The molecule has 0 aliphatic heterocycles. The number of esters is 1. The molecule has 126 valence electrons. The number of aromatic nitrogens is 1. The molecule has 0 aliphatic rings. The molecular weight excluding hydrogens is 352 g/mol. The third-order valence-electron chi connectivity index (χ3n) is 2.92. The topological polar surface area (TPSA) is 99.4 Å². The van der Waals surface area contributed by atoms with Crippen LogP contribution >= 0.6 is 23.1 Å². The first-order valence-electron chi connectivity index (χ1n) is 6.98. The van der Waals surface area contributed by atoms with Crippen molar-refractivity contribution in [3.63, 3.8) is 0 Å². The van der Waals surface area contributed by atoms with Gasteiger partial charge in [-0.2, -0.15) is 0 Å². The van der Waals surface area contributed by atoms with Gasteiger partial charge in [-0.25, -0.2) is 4.98 Å². The van der Waals surface area contributed by atoms with Crippen LogP contribution in [0.1, 0.15) is 29.9 Å². The Labute approximate surface area is 146 Å². The number of ether oxygens (including phenoxy) is 1. The number of rotatable bonds is 7. The van der Waals surface area contributed by atoms with E-state index >= 15 is 0 Å². The molecule has 0 aliphatic carbocycles. The van der Waals surface area contributed by atoms with Gasteiger partial charge in [0, 0.05) is 17.0 Å². The Bertz CT molecular complexity index is 788. The molecule has 0 radical (unpaired) electrons. The quantitative estimate of drug-likeness (QED) is 0.320. The van der Waals surface area contributed by atoms with Gasteiger partial charge in [0.2, 0.25) is 0 Å². The maximum absolute atomic E-state index is 11.4. The molecule has 24 heavy (non-hydrogen) atoms. The number of Topliss-reactive ketones (excluding diaryl/α,β-unsaturated/α-hetero) is 1. The van der Waals surface area contributed by atoms with Crippen molar-refractivity contribution in [3.05, 3.63) is 45.0 Å². The van der Waals surface area contributed by atoms with E-state index in [1.54, 1.807) is 18.4 Å². The fourth-order valence-corrected chi connectivity index (χ4v) is 3.71. The predicted molar refractivity (Wildman–Crippen MR) is 89.7 cm³/mol. The zero-order valence-electron chi connectivity index (χ0n) is 13.0. The molecule has 0 saturated carbocycles. The van der Waals surface area contributed by atoms with Gasteiger partial charge in [0.1, 0.15) is 0 Å². The predicted octanol–water partition coefficient (Wildman–Crippen LogP) is 3.51. The zero-order valence-corrected chi connectivity index (χ0v) is 14.6. The van der Waals surface area contributed by atoms with Crippen molar-refractivity contribution < 1.29 is 19.2 Å². The third-order valence-corrected chi connectivity index (χ3v) is 4.97. The van der Waals surface area contributed by atoms with E-state index in [4.69, 9.17) is 4.74 Å². The van der Waals surface area contributed by atoms with Crippen LogP contribution in [0.5, 0.6) is 0 Å². The van der Waals surface area contributed by atoms with Crippen molar-refractivity contribution >= 4 is 40.5 Å². The summed E-state index contributed by atoms with van der Waals surface area (Å²) in [6.07, 6.45) is 0.0657. The molecular formula is C15H14N2O5S2. The SMILES string of the molecule is CCOC(=O)Cc1csc(Sc2ccc(C(C)=O)cc2[N+](=O)[O-])n1. The summed E-state index contributed by atoms with van der Waals surface area (Å²) in [6, 6.07) is 4.34. The van der Waals surface area contributed by atoms with Crippen LogP contribution in [0.15, 0.2) is 32.8 Å². The lowest BCUT2D eigenvalue weighted by Crippen LogP contribution is -2.07. The van der Waals surface area contributed by atoms with Gasteiger partial charge in [-0.05, 0) is 26.0 Å². The highest BCUT2D eigenvalue weighted by Crippen LogP contribution is 2.37. The van der Waals surface area contributed by atoms with Crippen LogP contribution in [-0.4, -0.2) is 28.3 Å². The van der Waals surface area contributed by atoms with E-state index in [9.17, 15) is 19.7 Å². The number of ketones is 1. The molecule has 1 heterocycles. The molecule has 0 N–H and O–H groups in total. The van der Waals surface area contributed by atoms with E-state index in [1.165, 1.54) is 30.4 Å². The number of nitro groups is 1. The van der Waals surface area contributed by atoms with Gasteiger partial charge in [0.05, 0.1) is 28.5 Å². The van der Waals surface area contributed by atoms with Crippen LogP contribution in [0, 0.1) is 10.1 Å². The molecule has 2 aromatic rings. The highest BCUT2D eigenvalue weighted by Gasteiger charge is 2.19. The average molecular weight is 366 g/mol. The number of hydrogen-bond donors (Lipinski definition) is 0. The van der Waals surface area contributed by atoms with Gasteiger partial charge in [-0.1, -0.05) is 11.8 Å². The monoisotopic (exact) mass is 366 g/mol. The van der Waals surface area contributed by atoms with Crippen LogP contribution < -0.4 is 0 Å². The lowest BCUT2D eigenvalue weighted by molar-refractivity contribution is -0.387. The van der Waals surface area contributed by atoms with Crippen LogP contribution in [-0.2, 0) is 16.0 Å². The third kappa shape index (κ3) is 4.62. The van der Waals surface area contributed by atoms with Crippen LogP contribution in [0.2, 0.25) is 0 Å². The summed E-state index contributed by atoms with van der Waals surface area (Å²) < 4.78 is 5.43. The van der Waals surface area contributed by atoms with Gasteiger partial charge in [0.25, 0.3) is 5.69 Å². The minimum Gasteiger partial charge on any atom is -0.466 e. The van der Waals surface area contributed by atoms with Gasteiger partial charge < -0.3 is 4.74 Å². The number of thiazole rings is 1. The van der Waals surface area contributed by atoms with E-state index in [2.05, 4.69) is 4.98 Å². The summed E-state index contributed by atoms with van der Waals surface area (Å²) in [7, 11) is 0. The highest BCUT2D eigenvalue weighted by atomic mass is 32.2. The second kappa shape index (κ2) is 8.02. The number of nitrogens with zero attached hydrogens (tertiary/aromatic N) is 2. The van der Waals surface area contributed by atoms with Gasteiger partial charge in [-0.15, -0.1) is 11.3 Å². The Hall–Kier alpha value is -2.26. The molecule has 1 aromatic carbocycles. The van der Waals surface area contributed by atoms with Gasteiger partial charge in [0.15, 0.2) is 10.1 Å². The summed E-state index contributed by atoms with van der Waals surface area (Å²) in [6.45, 7) is 3.39. The van der Waals surface area contributed by atoms with E-state index in [0.29, 0.717) is 21.5 Å². The second-order valence-electron chi connectivity index (χ2n) is 4.68. The summed E-state index contributed by atoms with van der Waals surface area (Å²) >= 11 is 2.42. The van der Waals surface area contributed by atoms with Crippen LogP contribution in [0.25, 0.3) is 0 Å². The number of carbonyl (C=O) groups is 2. The first kappa shape index (κ1) is 18.1. The molecule has 2 rings (SSSR count). The fraction of sp³-hybridized carbons (Fsp3) is 0.267. The van der Waals surface area contributed by atoms with E-state index in [1.807, 2.05) is 0 Å². The molecule has 1 aromatic heterocycles. The smallest absolute Gasteiger partial charge is 0.311 e. The van der Waals surface area contributed by atoms with E-state index < -0.39 is 4.92 Å². The van der Waals surface area contributed by atoms with Crippen molar-refractivity contribution in [2.75, 3.05) is 6.61 Å². The Morgan fingerprint density at radius 1 is 1.42 bits per heavy atom. The minimum absolute atomic E-state index is 0.0657. The van der Waals surface area contributed by atoms with E-state index in [-0.39, 0.29) is 29.4 Å². The Kier molecular flexibility index (Phi) is 6.04. The molecule has 9 heteroatoms. The molecule has 0 bridgehead atoms. The Morgan fingerprint density at radius 3 is 2.79 bits per heavy atom. The maximum Gasteiger partial charge on any atom is 0.311 e. The maximum atomic E-state index is 11.4. The largest absolute Gasteiger partial charge is 0.466 e. The van der Waals surface area contributed by atoms with Crippen molar-refractivity contribution in [1.82, 2.24) is 4.98 Å². The van der Waals surface area contributed by atoms with Crippen LogP contribution in [0.3, 0.4) is 0 Å². The first-order valence-corrected chi connectivity index (χ1v) is 8.67. The van der Waals surface area contributed by atoms with Gasteiger partial charge in [-0.3, -0.25) is 19.7 Å². The number of benzene rings is 1. The number of hydrogen-bond acceptors (Lipinski definition) is 8. The highest BCUT2D eigenvalue weighted by molar-refractivity contribution is 8.01. The van der Waals surface area contributed by atoms with Crippen molar-refractivity contribution in [3.8, 4) is 0 Å². The second-order valence-corrected chi connectivity index (χ2v) is 6.83. The van der Waals surface area contributed by atoms with Crippen molar-refractivity contribution in [2.24, 2.45) is 0 Å². The fourth-order valence-electron chi connectivity index (χ4n) is 1.84. The normalized spacial score (nSPS) is 10.4. The number of carbonyl (C=O) groups excluding carboxylic acids is 2.